The number of nitrogens with one attached hydrogen (secondary N) is 1. The molecule has 1 aliphatic heterocycles. The van der Waals surface area contributed by atoms with Crippen LogP contribution in [0.25, 0.3) is 11.3 Å². The molecule has 3 aromatic rings. The van der Waals surface area contributed by atoms with Gasteiger partial charge in [-0.1, -0.05) is 0 Å². The number of ether oxygens (including phenoxy) is 4. The molecule has 10 nitrogen and oxygen atoms in total. The first kappa shape index (κ1) is 23.9. The summed E-state index contributed by atoms with van der Waals surface area (Å²) in [6.45, 7) is 2.45. The number of hydrogen-bond acceptors (Lipinski definition) is 8. The summed E-state index contributed by atoms with van der Waals surface area (Å²) in [5, 5.41) is 11.7. The number of nitrogens with zero attached hydrogens (tertiary/aromatic N) is 4. The van der Waals surface area contributed by atoms with Gasteiger partial charge in [0.05, 0.1) is 34.1 Å². The van der Waals surface area contributed by atoms with Gasteiger partial charge in [0.2, 0.25) is 0 Å². The van der Waals surface area contributed by atoms with Gasteiger partial charge in [-0.05, 0) is 42.5 Å². The predicted octanol–water partition coefficient (Wildman–Crippen LogP) is 3.53. The van der Waals surface area contributed by atoms with Gasteiger partial charge in [-0.25, -0.2) is 4.79 Å². The first-order valence-electron chi connectivity index (χ1n) is 11.1. The van der Waals surface area contributed by atoms with Crippen molar-refractivity contribution in [1.82, 2.24) is 15.1 Å². The maximum Gasteiger partial charge on any atom is 0.321 e. The van der Waals surface area contributed by atoms with Gasteiger partial charge in [-0.3, -0.25) is 0 Å². The lowest BCUT2D eigenvalue weighted by molar-refractivity contribution is 0.208. The molecule has 0 atom stereocenters. The van der Waals surface area contributed by atoms with E-state index in [1.54, 1.807) is 51.5 Å². The van der Waals surface area contributed by atoms with Crippen molar-refractivity contribution in [3.8, 4) is 34.3 Å². The van der Waals surface area contributed by atoms with Crippen LogP contribution in [0.2, 0.25) is 0 Å². The Morgan fingerprint density at radius 2 is 1.37 bits per heavy atom. The van der Waals surface area contributed by atoms with Gasteiger partial charge in [0, 0.05) is 43.5 Å². The van der Waals surface area contributed by atoms with Crippen LogP contribution in [0.1, 0.15) is 0 Å². The Kier molecular flexibility index (Phi) is 7.39. The molecule has 1 aromatic heterocycles. The molecule has 0 bridgehead atoms. The summed E-state index contributed by atoms with van der Waals surface area (Å²) in [6.07, 6.45) is 0. The highest BCUT2D eigenvalue weighted by atomic mass is 16.5. The number of piperazine rings is 1. The average Bonchev–Trinajstić information content (AvgIpc) is 2.92. The lowest BCUT2D eigenvalue weighted by atomic mass is 10.1. The molecule has 4 rings (SSSR count). The second kappa shape index (κ2) is 10.8. The summed E-state index contributed by atoms with van der Waals surface area (Å²) in [7, 11) is 6.34. The van der Waals surface area contributed by atoms with Gasteiger partial charge in [0.25, 0.3) is 0 Å². The van der Waals surface area contributed by atoms with E-state index in [0.29, 0.717) is 54.9 Å². The Balaban J connectivity index is 1.35. The zero-order valence-electron chi connectivity index (χ0n) is 20.3. The highest BCUT2D eigenvalue weighted by Gasteiger charge is 2.22. The number of hydrogen-bond donors (Lipinski definition) is 1. The number of urea groups is 1. The van der Waals surface area contributed by atoms with Crippen LogP contribution in [0.3, 0.4) is 0 Å². The molecule has 0 spiro atoms. The van der Waals surface area contributed by atoms with E-state index in [9.17, 15) is 4.79 Å². The fraction of sp³-hybridized carbons (Fsp3) is 0.320. The SMILES string of the molecule is COc1ccc(NC(=O)N2CCN(c3ccc(-c4ccc(OC)c(OC)c4)nn3)CC2)cc1OC. The zero-order valence-corrected chi connectivity index (χ0v) is 20.3. The third-order valence-corrected chi connectivity index (χ3v) is 5.86. The molecule has 184 valence electrons. The van der Waals surface area contributed by atoms with Crippen molar-refractivity contribution < 1.29 is 23.7 Å². The van der Waals surface area contributed by atoms with E-state index in [0.717, 1.165) is 17.1 Å². The smallest absolute Gasteiger partial charge is 0.321 e. The van der Waals surface area contributed by atoms with Crippen LogP contribution in [0.15, 0.2) is 48.5 Å². The average molecular weight is 480 g/mol. The molecule has 0 saturated carbocycles. The normalized spacial score (nSPS) is 13.3. The number of amides is 2. The van der Waals surface area contributed by atoms with Gasteiger partial charge in [-0.15, -0.1) is 10.2 Å². The summed E-state index contributed by atoms with van der Waals surface area (Å²) in [5.74, 6) is 3.24. The number of rotatable bonds is 7. The van der Waals surface area contributed by atoms with Crippen molar-refractivity contribution in [2.24, 2.45) is 0 Å². The number of carbonyl (C=O) groups is 1. The molecule has 2 aromatic carbocycles. The van der Waals surface area contributed by atoms with Crippen molar-refractivity contribution in [3.05, 3.63) is 48.5 Å². The molecule has 0 radical (unpaired) electrons. The number of methoxy groups -OCH3 is 4. The molecule has 2 amide bonds. The zero-order chi connectivity index (χ0) is 24.8. The van der Waals surface area contributed by atoms with Crippen molar-refractivity contribution in [3.63, 3.8) is 0 Å². The van der Waals surface area contributed by atoms with Gasteiger partial charge >= 0.3 is 6.03 Å². The Hall–Kier alpha value is -4.21. The van der Waals surface area contributed by atoms with E-state index in [1.165, 1.54) is 0 Å². The predicted molar refractivity (Wildman–Crippen MR) is 133 cm³/mol. The van der Waals surface area contributed by atoms with Gasteiger partial charge < -0.3 is 34.1 Å². The second-order valence-electron chi connectivity index (χ2n) is 7.82. The molecular weight excluding hydrogens is 450 g/mol. The Morgan fingerprint density at radius 1 is 0.743 bits per heavy atom. The van der Waals surface area contributed by atoms with Gasteiger partial charge in [0.15, 0.2) is 28.8 Å². The van der Waals surface area contributed by atoms with Crippen LogP contribution in [-0.4, -0.2) is 75.7 Å². The topological polar surface area (TPSA) is 98.3 Å². The molecule has 1 N–H and O–H groups in total. The molecule has 35 heavy (non-hydrogen) atoms. The number of anilines is 2. The third kappa shape index (κ3) is 5.32. The maximum atomic E-state index is 12.7. The van der Waals surface area contributed by atoms with Crippen LogP contribution in [0.5, 0.6) is 23.0 Å². The first-order chi connectivity index (χ1) is 17.1. The summed E-state index contributed by atoms with van der Waals surface area (Å²) < 4.78 is 21.2. The van der Waals surface area contributed by atoms with E-state index in [4.69, 9.17) is 18.9 Å². The van der Waals surface area contributed by atoms with Crippen molar-refractivity contribution in [2.45, 2.75) is 0 Å². The molecule has 0 aliphatic carbocycles. The lowest BCUT2D eigenvalue weighted by Gasteiger charge is -2.35. The molecule has 1 saturated heterocycles. The number of aromatic nitrogens is 2. The van der Waals surface area contributed by atoms with Crippen LogP contribution < -0.4 is 29.2 Å². The molecule has 1 aliphatic rings. The Labute approximate surface area is 204 Å². The number of benzene rings is 2. The van der Waals surface area contributed by atoms with Crippen LogP contribution in [0.4, 0.5) is 16.3 Å². The molecular formula is C25H29N5O5. The Bertz CT molecular complexity index is 1160. The minimum atomic E-state index is -0.160. The largest absolute Gasteiger partial charge is 0.493 e. The number of carbonyl (C=O) groups excluding carboxylic acids is 1. The summed E-state index contributed by atoms with van der Waals surface area (Å²) in [5.41, 5.74) is 2.27. The molecule has 2 heterocycles. The van der Waals surface area contributed by atoms with Crippen LogP contribution in [0, 0.1) is 0 Å². The maximum absolute atomic E-state index is 12.7. The van der Waals surface area contributed by atoms with E-state index in [-0.39, 0.29) is 6.03 Å². The van der Waals surface area contributed by atoms with Crippen molar-refractivity contribution in [2.75, 3.05) is 64.8 Å². The third-order valence-electron chi connectivity index (χ3n) is 5.86. The molecule has 1 fully saturated rings. The minimum Gasteiger partial charge on any atom is -0.493 e. The summed E-state index contributed by atoms with van der Waals surface area (Å²) in [6, 6.07) is 14.6. The molecule has 10 heteroatoms. The van der Waals surface area contributed by atoms with E-state index in [1.807, 2.05) is 30.3 Å². The van der Waals surface area contributed by atoms with Gasteiger partial charge in [0.1, 0.15) is 0 Å². The van der Waals surface area contributed by atoms with Crippen molar-refractivity contribution in [1.29, 1.82) is 0 Å². The first-order valence-corrected chi connectivity index (χ1v) is 11.1. The standard InChI is InChI=1S/C25H29N5O5/c1-32-20-8-5-17(15-22(20)34-3)19-7-10-24(28-27-19)29-11-13-30(14-12-29)25(31)26-18-6-9-21(33-2)23(16-18)35-4/h5-10,15-16H,11-14H2,1-4H3,(H,26,31). The van der Waals surface area contributed by atoms with Crippen LogP contribution in [-0.2, 0) is 0 Å². The molecule has 0 unspecified atom stereocenters. The van der Waals surface area contributed by atoms with E-state index in [2.05, 4.69) is 20.4 Å². The highest BCUT2D eigenvalue weighted by Crippen LogP contribution is 2.32. The quantitative estimate of drug-likeness (QED) is 0.550. The van der Waals surface area contributed by atoms with Crippen molar-refractivity contribution >= 4 is 17.5 Å². The second-order valence-corrected chi connectivity index (χ2v) is 7.82. The van der Waals surface area contributed by atoms with Gasteiger partial charge in [-0.2, -0.15) is 0 Å². The fourth-order valence-corrected chi connectivity index (χ4v) is 3.90. The monoisotopic (exact) mass is 479 g/mol. The minimum absolute atomic E-state index is 0.160. The lowest BCUT2D eigenvalue weighted by Crippen LogP contribution is -2.50. The highest BCUT2D eigenvalue weighted by molar-refractivity contribution is 5.90. The van der Waals surface area contributed by atoms with Crippen LogP contribution >= 0.6 is 0 Å². The van der Waals surface area contributed by atoms with E-state index < -0.39 is 0 Å². The van der Waals surface area contributed by atoms with E-state index >= 15 is 0 Å². The summed E-state index contributed by atoms with van der Waals surface area (Å²) >= 11 is 0. The Morgan fingerprint density at radius 3 is 1.97 bits per heavy atom. The summed E-state index contributed by atoms with van der Waals surface area (Å²) in [4.78, 5) is 16.6. The fourth-order valence-electron chi connectivity index (χ4n) is 3.90.